The quantitative estimate of drug-likeness (QED) is 0.553. The van der Waals surface area contributed by atoms with E-state index in [1.807, 2.05) is 29.6 Å². The molecule has 0 fully saturated rings. The summed E-state index contributed by atoms with van der Waals surface area (Å²) in [5.74, 6) is 0.547. The molecule has 1 amide bonds. The first-order chi connectivity index (χ1) is 11.7. The molecule has 0 aliphatic heterocycles. The normalized spacial score (nSPS) is 11.0. The second-order valence-electron chi connectivity index (χ2n) is 4.98. The van der Waals surface area contributed by atoms with Crippen LogP contribution in [-0.4, -0.2) is 15.9 Å². The molecule has 120 valence electrons. The molecule has 0 saturated carbocycles. The van der Waals surface area contributed by atoms with E-state index >= 15 is 0 Å². The molecular weight excluding hydrogens is 366 g/mol. The second-order valence-corrected chi connectivity index (χ2v) is 7.30. The number of halogens is 1. The van der Waals surface area contributed by atoms with Crippen molar-refractivity contribution in [1.82, 2.24) is 9.97 Å². The van der Waals surface area contributed by atoms with E-state index in [2.05, 4.69) is 15.3 Å². The highest BCUT2D eigenvalue weighted by atomic mass is 35.5. The Hall–Kier alpha value is -2.22. The Balaban J connectivity index is 1.46. The number of carbonyl (C=O) groups excluding carboxylic acids is 1. The Labute approximate surface area is 149 Å². The van der Waals surface area contributed by atoms with Gasteiger partial charge in [-0.3, -0.25) is 4.79 Å². The van der Waals surface area contributed by atoms with Gasteiger partial charge in [-0.15, -0.1) is 11.3 Å². The van der Waals surface area contributed by atoms with E-state index in [4.69, 9.17) is 16.0 Å². The Morgan fingerprint density at radius 1 is 1.29 bits per heavy atom. The topological polar surface area (TPSA) is 68.0 Å². The van der Waals surface area contributed by atoms with Crippen LogP contribution in [0.3, 0.4) is 0 Å². The smallest absolute Gasteiger partial charge is 0.232 e. The molecule has 1 N–H and O–H groups in total. The third-order valence-corrected chi connectivity index (χ3v) is 5.30. The molecule has 0 radical (unpaired) electrons. The van der Waals surface area contributed by atoms with Gasteiger partial charge in [-0.25, -0.2) is 9.97 Å². The maximum absolute atomic E-state index is 12.2. The zero-order valence-electron chi connectivity index (χ0n) is 12.2. The number of thiazole rings is 2. The summed E-state index contributed by atoms with van der Waals surface area (Å²) in [7, 11) is 0. The van der Waals surface area contributed by atoms with Gasteiger partial charge < -0.3 is 9.73 Å². The highest BCUT2D eigenvalue weighted by Gasteiger charge is 2.12. The van der Waals surface area contributed by atoms with Crippen molar-refractivity contribution in [3.63, 3.8) is 0 Å². The number of aromatic nitrogens is 2. The van der Waals surface area contributed by atoms with E-state index in [9.17, 15) is 4.79 Å². The van der Waals surface area contributed by atoms with Crippen LogP contribution in [0.5, 0.6) is 0 Å². The largest absolute Gasteiger partial charge is 0.462 e. The first kappa shape index (κ1) is 15.3. The molecule has 0 unspecified atom stereocenters. The molecule has 4 aromatic rings. The summed E-state index contributed by atoms with van der Waals surface area (Å²) in [4.78, 5) is 21.0. The van der Waals surface area contributed by atoms with Crippen molar-refractivity contribution >= 4 is 55.5 Å². The molecule has 1 aromatic carbocycles. The molecule has 8 heteroatoms. The van der Waals surface area contributed by atoms with Gasteiger partial charge in [0.25, 0.3) is 0 Å². The molecule has 0 bridgehead atoms. The van der Waals surface area contributed by atoms with Crippen LogP contribution in [0, 0.1) is 0 Å². The molecule has 3 aromatic heterocycles. The fraction of sp³-hybridized carbons (Fsp3) is 0.0625. The van der Waals surface area contributed by atoms with Crippen LogP contribution in [0.25, 0.3) is 21.0 Å². The fourth-order valence-corrected chi connectivity index (χ4v) is 4.13. The Bertz CT molecular complexity index is 1010. The van der Waals surface area contributed by atoms with Gasteiger partial charge in [0.1, 0.15) is 0 Å². The first-order valence-corrected chi connectivity index (χ1v) is 9.09. The molecule has 0 aliphatic rings. The van der Waals surface area contributed by atoms with Crippen LogP contribution in [0.1, 0.15) is 5.69 Å². The van der Waals surface area contributed by atoms with Crippen LogP contribution in [0.2, 0.25) is 5.02 Å². The molecule has 4 rings (SSSR count). The Kier molecular flexibility index (Phi) is 4.05. The van der Waals surface area contributed by atoms with Gasteiger partial charge in [0.05, 0.1) is 28.6 Å². The average molecular weight is 376 g/mol. The van der Waals surface area contributed by atoms with E-state index < -0.39 is 0 Å². The lowest BCUT2D eigenvalue weighted by Crippen LogP contribution is -2.14. The van der Waals surface area contributed by atoms with Crippen LogP contribution in [-0.2, 0) is 11.2 Å². The maximum atomic E-state index is 12.2. The molecule has 0 spiro atoms. The van der Waals surface area contributed by atoms with Crippen LogP contribution >= 0.6 is 34.3 Å². The number of rotatable bonds is 4. The van der Waals surface area contributed by atoms with Crippen molar-refractivity contribution in [2.75, 3.05) is 5.32 Å². The number of benzene rings is 1. The standard InChI is InChI=1S/C16H10ClN3O2S2/c17-9-3-4-11-13(6-9)24-16(19-11)20-14(21)7-10-8-23-15(18-10)12-2-1-5-22-12/h1-6,8H,7H2,(H,19,20,21). The number of carbonyl (C=O) groups is 1. The van der Waals surface area contributed by atoms with Crippen LogP contribution in [0.4, 0.5) is 5.13 Å². The van der Waals surface area contributed by atoms with Crippen molar-refractivity contribution in [3.05, 3.63) is 52.7 Å². The van der Waals surface area contributed by atoms with E-state index in [0.29, 0.717) is 21.6 Å². The number of nitrogens with one attached hydrogen (secondary N) is 1. The van der Waals surface area contributed by atoms with Gasteiger partial charge >= 0.3 is 0 Å². The van der Waals surface area contributed by atoms with E-state index in [-0.39, 0.29) is 12.3 Å². The number of hydrogen-bond acceptors (Lipinski definition) is 6. The summed E-state index contributed by atoms with van der Waals surface area (Å²) in [6.07, 6.45) is 1.79. The highest BCUT2D eigenvalue weighted by Crippen LogP contribution is 2.28. The zero-order chi connectivity index (χ0) is 16.5. The summed E-state index contributed by atoms with van der Waals surface area (Å²) in [6.45, 7) is 0. The number of hydrogen-bond donors (Lipinski definition) is 1. The summed E-state index contributed by atoms with van der Waals surface area (Å²) < 4.78 is 6.24. The molecule has 5 nitrogen and oxygen atoms in total. The van der Waals surface area contributed by atoms with Gasteiger partial charge in [0, 0.05) is 10.4 Å². The Morgan fingerprint density at radius 3 is 3.04 bits per heavy atom. The van der Waals surface area contributed by atoms with E-state index in [0.717, 1.165) is 15.2 Å². The first-order valence-electron chi connectivity index (χ1n) is 7.01. The lowest BCUT2D eigenvalue weighted by atomic mass is 10.3. The van der Waals surface area contributed by atoms with Crippen molar-refractivity contribution < 1.29 is 9.21 Å². The monoisotopic (exact) mass is 375 g/mol. The van der Waals surface area contributed by atoms with Crippen LogP contribution < -0.4 is 5.32 Å². The SMILES string of the molecule is O=C(Cc1csc(-c2ccco2)n1)Nc1nc2ccc(Cl)cc2s1. The summed E-state index contributed by atoms with van der Waals surface area (Å²) in [5, 5.41) is 6.63. The van der Waals surface area contributed by atoms with Gasteiger partial charge in [0.2, 0.25) is 5.91 Å². The molecule has 0 aliphatic carbocycles. The van der Waals surface area contributed by atoms with Crippen molar-refractivity contribution in [1.29, 1.82) is 0 Å². The molecule has 0 saturated heterocycles. The third kappa shape index (κ3) is 3.19. The summed E-state index contributed by atoms with van der Waals surface area (Å²) >= 11 is 8.80. The highest BCUT2D eigenvalue weighted by molar-refractivity contribution is 7.22. The minimum atomic E-state index is -0.156. The minimum Gasteiger partial charge on any atom is -0.462 e. The van der Waals surface area contributed by atoms with E-state index in [1.54, 1.807) is 12.3 Å². The lowest BCUT2D eigenvalue weighted by Gasteiger charge is -1.98. The molecule has 24 heavy (non-hydrogen) atoms. The molecule has 0 atom stereocenters. The summed E-state index contributed by atoms with van der Waals surface area (Å²) in [5.41, 5.74) is 1.52. The zero-order valence-corrected chi connectivity index (χ0v) is 14.5. The molecular formula is C16H10ClN3O2S2. The van der Waals surface area contributed by atoms with E-state index in [1.165, 1.54) is 22.7 Å². The minimum absolute atomic E-state index is 0.156. The predicted molar refractivity (Wildman–Crippen MR) is 96.8 cm³/mol. The average Bonchev–Trinajstić information content (AvgIpc) is 3.25. The van der Waals surface area contributed by atoms with Gasteiger partial charge in [-0.1, -0.05) is 22.9 Å². The predicted octanol–water partition coefficient (Wildman–Crippen LogP) is 4.85. The summed E-state index contributed by atoms with van der Waals surface area (Å²) in [6, 6.07) is 9.10. The fourth-order valence-electron chi connectivity index (χ4n) is 2.18. The second kappa shape index (κ2) is 6.35. The van der Waals surface area contributed by atoms with Gasteiger partial charge in [0.15, 0.2) is 15.9 Å². The number of furan rings is 1. The third-order valence-electron chi connectivity index (χ3n) is 3.22. The number of fused-ring (bicyclic) bond motifs is 1. The Morgan fingerprint density at radius 2 is 2.21 bits per heavy atom. The maximum Gasteiger partial charge on any atom is 0.232 e. The number of anilines is 1. The number of nitrogens with zero attached hydrogens (tertiary/aromatic N) is 2. The van der Waals surface area contributed by atoms with Gasteiger partial charge in [-0.2, -0.15) is 0 Å². The van der Waals surface area contributed by atoms with Crippen molar-refractivity contribution in [3.8, 4) is 10.8 Å². The molecule has 3 heterocycles. The van der Waals surface area contributed by atoms with Crippen molar-refractivity contribution in [2.45, 2.75) is 6.42 Å². The number of amides is 1. The van der Waals surface area contributed by atoms with Gasteiger partial charge in [-0.05, 0) is 30.3 Å². The van der Waals surface area contributed by atoms with Crippen molar-refractivity contribution in [2.24, 2.45) is 0 Å². The lowest BCUT2D eigenvalue weighted by molar-refractivity contribution is -0.115. The van der Waals surface area contributed by atoms with Crippen LogP contribution in [0.15, 0.2) is 46.4 Å².